The molecule has 1 aliphatic heterocycles. The molecular weight excluding hydrogens is 341 g/mol. The third-order valence-electron chi connectivity index (χ3n) is 2.77. The van der Waals surface area contributed by atoms with Crippen LogP contribution in [-0.4, -0.2) is 102 Å². The van der Waals surface area contributed by atoms with Crippen molar-refractivity contribution in [1.82, 2.24) is 9.55 Å². The van der Waals surface area contributed by atoms with E-state index in [-0.39, 0.29) is 65.5 Å². The van der Waals surface area contributed by atoms with Crippen LogP contribution in [0.4, 0.5) is 0 Å². The molecule has 0 amide bonds. The minimum Gasteiger partial charge on any atom is -0.390 e. The summed E-state index contributed by atoms with van der Waals surface area (Å²) in [4.78, 5) is 41.7. The number of aromatic nitrogens is 2. The van der Waals surface area contributed by atoms with Crippen molar-refractivity contribution in [2.24, 2.45) is 0 Å². The average molecular weight is 354 g/mol. The molecule has 0 saturated carbocycles. The Kier molecular flexibility index (Phi) is 9.56. The van der Waals surface area contributed by atoms with Gasteiger partial charge in [0.15, 0.2) is 0 Å². The molecule has 1 fully saturated rings. The van der Waals surface area contributed by atoms with Crippen molar-refractivity contribution in [2.45, 2.75) is 24.9 Å². The van der Waals surface area contributed by atoms with Crippen LogP contribution in [0, 0.1) is 0 Å². The van der Waals surface area contributed by atoms with E-state index in [9.17, 15) is 19.3 Å². The molecule has 0 aliphatic carbocycles. The molecule has 1 aliphatic rings. The van der Waals surface area contributed by atoms with Crippen LogP contribution in [0.2, 0.25) is 0 Å². The zero-order chi connectivity index (χ0) is 14.9. The summed E-state index contributed by atoms with van der Waals surface area (Å²) < 4.78 is 21.2. The molecule has 114 valence electrons. The summed E-state index contributed by atoms with van der Waals surface area (Å²) >= 11 is 0. The Hall–Kier alpha value is 0.710. The molecule has 10 nitrogen and oxygen atoms in total. The van der Waals surface area contributed by atoms with Crippen molar-refractivity contribution in [3.63, 3.8) is 0 Å². The van der Waals surface area contributed by atoms with Crippen LogP contribution in [-0.2, 0) is 13.8 Å². The first-order chi connectivity index (χ1) is 9.26. The van der Waals surface area contributed by atoms with Gasteiger partial charge in [-0.15, -0.1) is 0 Å². The second kappa shape index (κ2) is 9.26. The maximum atomic E-state index is 11.5. The van der Waals surface area contributed by atoms with Crippen molar-refractivity contribution in [2.75, 3.05) is 6.61 Å². The van der Waals surface area contributed by atoms with Crippen LogP contribution >= 0.6 is 7.82 Å². The van der Waals surface area contributed by atoms with E-state index in [1.165, 1.54) is 6.20 Å². The first-order valence-electron chi connectivity index (χ1n) is 5.61. The molecule has 2 heterocycles. The van der Waals surface area contributed by atoms with Gasteiger partial charge >= 0.3 is 13.5 Å². The Morgan fingerprint density at radius 1 is 1.41 bits per heavy atom. The van der Waals surface area contributed by atoms with E-state index < -0.39 is 44.1 Å². The quantitative estimate of drug-likeness (QED) is 0.343. The zero-order valence-corrected chi connectivity index (χ0v) is 17.0. The van der Waals surface area contributed by atoms with Crippen molar-refractivity contribution >= 4 is 66.9 Å². The molecule has 1 aromatic heterocycles. The summed E-state index contributed by atoms with van der Waals surface area (Å²) in [5.41, 5.74) is -1.27. The first kappa shape index (κ1) is 22.7. The number of phosphoric ester groups is 1. The number of hydrogen-bond donors (Lipinski definition) is 4. The van der Waals surface area contributed by atoms with Crippen molar-refractivity contribution < 1.29 is 28.7 Å². The Labute approximate surface area is 168 Å². The number of phosphoric acid groups is 1. The van der Waals surface area contributed by atoms with Gasteiger partial charge in [0, 0.05) is 77.8 Å². The molecule has 0 bridgehead atoms. The number of nitrogens with one attached hydrogen (secondary N) is 1. The molecule has 0 spiro atoms. The summed E-state index contributed by atoms with van der Waals surface area (Å²) in [6, 6.07) is 1.12. The fourth-order valence-corrected chi connectivity index (χ4v) is 2.20. The van der Waals surface area contributed by atoms with Gasteiger partial charge in [-0.3, -0.25) is 18.9 Å². The van der Waals surface area contributed by atoms with Gasteiger partial charge in [0.25, 0.3) is 5.56 Å². The number of hydrogen-bond acceptors (Lipinski definition) is 6. The summed E-state index contributed by atoms with van der Waals surface area (Å²) in [5, 5.41) is 9.72. The van der Waals surface area contributed by atoms with Crippen LogP contribution in [0.25, 0.3) is 0 Å². The zero-order valence-electron chi connectivity index (χ0n) is 12.1. The topological polar surface area (TPSA) is 151 Å². The fraction of sp³-hybridized carbons (Fsp3) is 0.556. The van der Waals surface area contributed by atoms with Gasteiger partial charge in [-0.2, -0.15) is 0 Å². The first-order valence-corrected chi connectivity index (χ1v) is 7.14. The maximum Gasteiger partial charge on any atom is 0.469 e. The average Bonchev–Trinajstić information content (AvgIpc) is 2.67. The predicted octanol–water partition coefficient (Wildman–Crippen LogP) is -2.47. The summed E-state index contributed by atoms with van der Waals surface area (Å²) in [6.45, 7) is -0.514. The van der Waals surface area contributed by atoms with E-state index in [0.29, 0.717) is 0 Å². The number of nitrogens with zero attached hydrogens (tertiary/aromatic N) is 1. The van der Waals surface area contributed by atoms with Crippen LogP contribution in [0.5, 0.6) is 0 Å². The monoisotopic (exact) mass is 354 g/mol. The van der Waals surface area contributed by atoms with Crippen LogP contribution < -0.4 is 11.2 Å². The number of aliphatic hydroxyl groups excluding tert-OH is 1. The van der Waals surface area contributed by atoms with Gasteiger partial charge in [-0.25, -0.2) is 9.36 Å². The molecule has 22 heavy (non-hydrogen) atoms. The van der Waals surface area contributed by atoms with Crippen molar-refractivity contribution in [3.8, 4) is 0 Å². The fourth-order valence-electron chi connectivity index (χ4n) is 1.86. The van der Waals surface area contributed by atoms with E-state index in [4.69, 9.17) is 14.5 Å². The van der Waals surface area contributed by atoms with Crippen LogP contribution in [0.15, 0.2) is 21.9 Å². The molecule has 0 aromatic carbocycles. The van der Waals surface area contributed by atoms with Gasteiger partial charge in [0.2, 0.25) is 0 Å². The molecule has 3 atom stereocenters. The van der Waals surface area contributed by atoms with Gasteiger partial charge < -0.3 is 19.6 Å². The van der Waals surface area contributed by atoms with Crippen LogP contribution in [0.3, 0.4) is 0 Å². The maximum absolute atomic E-state index is 11.5. The second-order valence-corrected chi connectivity index (χ2v) is 5.48. The third kappa shape index (κ3) is 6.31. The number of ether oxygens (including phenoxy) is 1. The van der Waals surface area contributed by atoms with Crippen molar-refractivity contribution in [1.29, 1.82) is 0 Å². The van der Waals surface area contributed by atoms with E-state index in [2.05, 4.69) is 4.52 Å². The molecule has 0 unspecified atom stereocenters. The van der Waals surface area contributed by atoms with E-state index >= 15 is 0 Å². The third-order valence-corrected chi connectivity index (χ3v) is 3.26. The van der Waals surface area contributed by atoms with Crippen LogP contribution in [0.1, 0.15) is 12.6 Å². The summed E-state index contributed by atoms with van der Waals surface area (Å²) in [7, 11) is -4.66. The number of aromatic amines is 1. The Bertz CT molecular complexity index is 643. The second-order valence-electron chi connectivity index (χ2n) is 4.24. The number of aliphatic hydroxyl groups is 1. The molecule has 1 aromatic rings. The summed E-state index contributed by atoms with van der Waals surface area (Å²) in [6.07, 6.45) is -1.64. The Morgan fingerprint density at radius 2 is 2.05 bits per heavy atom. The molecular formula is C9H13N2Na2O8P. The smallest absolute Gasteiger partial charge is 0.390 e. The number of rotatable bonds is 4. The minimum atomic E-state index is -4.66. The summed E-state index contributed by atoms with van der Waals surface area (Å²) in [5.74, 6) is 0. The van der Waals surface area contributed by atoms with Crippen molar-refractivity contribution in [3.05, 3.63) is 33.1 Å². The normalized spacial score (nSPS) is 24.4. The van der Waals surface area contributed by atoms with E-state index in [1.54, 1.807) is 0 Å². The van der Waals surface area contributed by atoms with Gasteiger partial charge in [0.1, 0.15) is 12.3 Å². The van der Waals surface area contributed by atoms with E-state index in [0.717, 1.165) is 10.6 Å². The predicted molar refractivity (Wildman–Crippen MR) is 75.4 cm³/mol. The molecule has 1 saturated heterocycles. The minimum absolute atomic E-state index is 0. The van der Waals surface area contributed by atoms with Gasteiger partial charge in [0.05, 0.1) is 12.7 Å². The molecule has 2 radical (unpaired) electrons. The Morgan fingerprint density at radius 3 is 2.59 bits per heavy atom. The standard InChI is InChI=1S/C9H13N2O8P.2Na/c12-5-3-8(11-2-1-7(13)10-9(11)14)19-6(5)4-18-20(15,16)17;;/h1-2,5-6,8,12H,3-4H2,(H,10,13,14)(H2,15,16,17);;/t5-,6+,8+;;/m0../s1. The largest absolute Gasteiger partial charge is 0.469 e. The molecule has 2 rings (SSSR count). The molecule has 4 N–H and O–H groups in total. The Balaban J connectivity index is 0.00000220. The molecule has 13 heteroatoms. The SMILES string of the molecule is O=c1ccn([C@H]2C[C@H](O)[C@@H](COP(=O)(O)O)O2)c(=O)[nH]1.[Na].[Na]. The van der Waals surface area contributed by atoms with Gasteiger partial charge in [-0.05, 0) is 0 Å². The van der Waals surface area contributed by atoms with E-state index in [1.807, 2.05) is 4.98 Å². The number of H-pyrrole nitrogens is 1. The van der Waals surface area contributed by atoms with Gasteiger partial charge in [-0.1, -0.05) is 0 Å².